The Kier molecular flexibility index (Phi) is 8.94. The van der Waals surface area contributed by atoms with E-state index in [0.29, 0.717) is 17.0 Å². The van der Waals surface area contributed by atoms with E-state index in [4.69, 9.17) is 25.8 Å². The number of benzene rings is 3. The number of amides is 5. The molecule has 212 valence electrons. The van der Waals surface area contributed by atoms with E-state index in [1.807, 2.05) is 26.0 Å². The molecule has 1 saturated heterocycles. The van der Waals surface area contributed by atoms with Crippen LogP contribution in [0, 0.1) is 13.8 Å². The van der Waals surface area contributed by atoms with Crippen LogP contribution in [0.5, 0.6) is 17.2 Å². The summed E-state index contributed by atoms with van der Waals surface area (Å²) < 4.78 is 16.5. The average Bonchev–Trinajstić information content (AvgIpc) is 2.93. The number of barbiturate groups is 1. The lowest BCUT2D eigenvalue weighted by Gasteiger charge is -2.26. The Morgan fingerprint density at radius 1 is 1.00 bits per heavy atom. The quantitative estimate of drug-likeness (QED) is 0.269. The standard InChI is InChI=1S/C30H28ClN3O7/c1-5-40-25-15-19(14-24(31)27(25)41-16-26(35)32-20-7-6-17(2)18(3)12-20)13-23-28(36)33-30(38)34(29(23)37)21-8-10-22(39-4)11-9-21/h6-15H,5,16H2,1-4H3,(H,32,35)(H,33,36,38)/b23-13+. The molecule has 4 rings (SSSR count). The van der Waals surface area contributed by atoms with Gasteiger partial charge in [-0.1, -0.05) is 17.7 Å². The molecule has 3 aromatic carbocycles. The molecule has 0 radical (unpaired) electrons. The number of carbonyl (C=O) groups is 4. The zero-order valence-electron chi connectivity index (χ0n) is 22.9. The number of nitrogens with one attached hydrogen (secondary N) is 2. The fourth-order valence-electron chi connectivity index (χ4n) is 4.02. The number of aryl methyl sites for hydroxylation is 2. The van der Waals surface area contributed by atoms with Crippen LogP contribution in [-0.2, 0) is 14.4 Å². The van der Waals surface area contributed by atoms with Crippen LogP contribution in [0.25, 0.3) is 6.08 Å². The van der Waals surface area contributed by atoms with Crippen LogP contribution in [0.15, 0.2) is 60.2 Å². The Morgan fingerprint density at radius 2 is 1.73 bits per heavy atom. The van der Waals surface area contributed by atoms with E-state index in [2.05, 4.69) is 10.6 Å². The van der Waals surface area contributed by atoms with Crippen LogP contribution >= 0.6 is 11.6 Å². The molecule has 1 aliphatic heterocycles. The van der Waals surface area contributed by atoms with Gasteiger partial charge in [-0.25, -0.2) is 9.69 Å². The van der Waals surface area contributed by atoms with Crippen LogP contribution in [0.1, 0.15) is 23.6 Å². The summed E-state index contributed by atoms with van der Waals surface area (Å²) in [5, 5.41) is 5.04. The number of hydrogen-bond donors (Lipinski definition) is 2. The lowest BCUT2D eigenvalue weighted by atomic mass is 10.1. The zero-order chi connectivity index (χ0) is 29.7. The molecule has 5 amide bonds. The molecular formula is C30H28ClN3O7. The number of anilines is 2. The smallest absolute Gasteiger partial charge is 0.335 e. The summed E-state index contributed by atoms with van der Waals surface area (Å²) in [6.07, 6.45) is 1.30. The van der Waals surface area contributed by atoms with Gasteiger partial charge in [-0.15, -0.1) is 0 Å². The van der Waals surface area contributed by atoms with Crippen molar-refractivity contribution in [3.8, 4) is 17.2 Å². The third kappa shape index (κ3) is 6.67. The van der Waals surface area contributed by atoms with Crippen molar-refractivity contribution in [1.29, 1.82) is 0 Å². The summed E-state index contributed by atoms with van der Waals surface area (Å²) in [4.78, 5) is 51.8. The first-order chi connectivity index (χ1) is 19.6. The summed E-state index contributed by atoms with van der Waals surface area (Å²) in [6.45, 7) is 5.60. The van der Waals surface area contributed by atoms with E-state index < -0.39 is 23.8 Å². The molecule has 0 spiro atoms. The molecular weight excluding hydrogens is 550 g/mol. The van der Waals surface area contributed by atoms with E-state index in [-0.39, 0.29) is 41.0 Å². The van der Waals surface area contributed by atoms with Crippen LogP contribution < -0.4 is 29.7 Å². The van der Waals surface area contributed by atoms with E-state index in [0.717, 1.165) is 16.0 Å². The minimum atomic E-state index is -0.877. The second-order valence-corrected chi connectivity index (χ2v) is 9.46. The molecule has 1 fully saturated rings. The van der Waals surface area contributed by atoms with Gasteiger partial charge in [0.25, 0.3) is 17.7 Å². The summed E-state index contributed by atoms with van der Waals surface area (Å²) in [5.74, 6) is -1.21. The minimum Gasteiger partial charge on any atom is -0.497 e. The highest BCUT2D eigenvalue weighted by Gasteiger charge is 2.37. The number of ether oxygens (including phenoxy) is 3. The maximum Gasteiger partial charge on any atom is 0.335 e. The van der Waals surface area contributed by atoms with Gasteiger partial charge in [0.1, 0.15) is 11.3 Å². The molecule has 2 N–H and O–H groups in total. The van der Waals surface area contributed by atoms with Gasteiger partial charge in [-0.2, -0.15) is 0 Å². The summed E-state index contributed by atoms with van der Waals surface area (Å²) in [5.41, 5.74) is 3.08. The lowest BCUT2D eigenvalue weighted by molar-refractivity contribution is -0.122. The number of methoxy groups -OCH3 is 1. The van der Waals surface area contributed by atoms with Gasteiger partial charge in [0.05, 0.1) is 24.4 Å². The largest absolute Gasteiger partial charge is 0.497 e. The topological polar surface area (TPSA) is 123 Å². The van der Waals surface area contributed by atoms with Crippen LogP contribution in [0.4, 0.5) is 16.2 Å². The highest BCUT2D eigenvalue weighted by molar-refractivity contribution is 6.39. The van der Waals surface area contributed by atoms with Crippen molar-refractivity contribution >= 4 is 52.8 Å². The minimum absolute atomic E-state index is 0.0912. The predicted molar refractivity (Wildman–Crippen MR) is 155 cm³/mol. The van der Waals surface area contributed by atoms with Crippen LogP contribution in [-0.4, -0.2) is 44.1 Å². The van der Waals surface area contributed by atoms with Crippen molar-refractivity contribution in [3.05, 3.63) is 81.9 Å². The second kappa shape index (κ2) is 12.6. The Hall–Kier alpha value is -4.83. The Bertz CT molecular complexity index is 1550. The molecule has 0 atom stereocenters. The summed E-state index contributed by atoms with van der Waals surface area (Å²) in [7, 11) is 1.49. The van der Waals surface area contributed by atoms with Gasteiger partial charge in [0.2, 0.25) is 0 Å². The summed E-state index contributed by atoms with van der Waals surface area (Å²) in [6, 6.07) is 13.9. The summed E-state index contributed by atoms with van der Waals surface area (Å²) >= 11 is 6.49. The SMILES string of the molecule is CCOc1cc(/C=C2\C(=O)NC(=O)N(c3ccc(OC)cc3)C2=O)cc(Cl)c1OCC(=O)Nc1ccc(C)c(C)c1. The highest BCUT2D eigenvalue weighted by atomic mass is 35.5. The van der Waals surface area contributed by atoms with Gasteiger partial charge in [0, 0.05) is 5.69 Å². The van der Waals surface area contributed by atoms with Crippen LogP contribution in [0.3, 0.4) is 0 Å². The predicted octanol–water partition coefficient (Wildman–Crippen LogP) is 5.05. The van der Waals surface area contributed by atoms with Crippen molar-refractivity contribution < 1.29 is 33.4 Å². The monoisotopic (exact) mass is 577 g/mol. The molecule has 0 saturated carbocycles. The molecule has 1 heterocycles. The van der Waals surface area contributed by atoms with Gasteiger partial charge in [-0.05, 0) is 92.1 Å². The average molecular weight is 578 g/mol. The Labute approximate surface area is 241 Å². The van der Waals surface area contributed by atoms with E-state index in [9.17, 15) is 19.2 Å². The third-order valence-electron chi connectivity index (χ3n) is 6.21. The molecule has 41 heavy (non-hydrogen) atoms. The van der Waals surface area contributed by atoms with Crippen molar-refractivity contribution in [3.63, 3.8) is 0 Å². The molecule has 10 nitrogen and oxygen atoms in total. The molecule has 3 aromatic rings. The normalized spacial score (nSPS) is 14.1. The number of hydrogen-bond acceptors (Lipinski definition) is 7. The third-order valence-corrected chi connectivity index (χ3v) is 6.49. The van der Waals surface area contributed by atoms with Crippen molar-refractivity contribution in [2.24, 2.45) is 0 Å². The molecule has 0 unspecified atom stereocenters. The van der Waals surface area contributed by atoms with E-state index in [1.54, 1.807) is 25.1 Å². The molecule has 0 aromatic heterocycles. The fourth-order valence-corrected chi connectivity index (χ4v) is 4.29. The number of urea groups is 1. The Morgan fingerprint density at radius 3 is 2.39 bits per heavy atom. The van der Waals surface area contributed by atoms with Crippen molar-refractivity contribution in [2.75, 3.05) is 30.5 Å². The van der Waals surface area contributed by atoms with Crippen LogP contribution in [0.2, 0.25) is 5.02 Å². The highest BCUT2D eigenvalue weighted by Crippen LogP contribution is 2.37. The molecule has 0 bridgehead atoms. The number of imide groups is 2. The lowest BCUT2D eigenvalue weighted by Crippen LogP contribution is -2.54. The van der Waals surface area contributed by atoms with Gasteiger partial charge in [0.15, 0.2) is 18.1 Å². The number of carbonyl (C=O) groups excluding carboxylic acids is 4. The number of halogens is 1. The molecule has 1 aliphatic rings. The van der Waals surface area contributed by atoms with Gasteiger partial charge >= 0.3 is 6.03 Å². The maximum atomic E-state index is 13.2. The van der Waals surface area contributed by atoms with Crippen molar-refractivity contribution in [2.45, 2.75) is 20.8 Å². The second-order valence-electron chi connectivity index (χ2n) is 9.05. The molecule has 0 aliphatic carbocycles. The first-order valence-corrected chi connectivity index (χ1v) is 13.0. The van der Waals surface area contributed by atoms with Gasteiger partial charge in [-0.3, -0.25) is 19.7 Å². The van der Waals surface area contributed by atoms with Gasteiger partial charge < -0.3 is 19.5 Å². The zero-order valence-corrected chi connectivity index (χ0v) is 23.6. The fraction of sp³-hybridized carbons (Fsp3) is 0.200. The van der Waals surface area contributed by atoms with Crippen molar-refractivity contribution in [1.82, 2.24) is 5.32 Å². The van der Waals surface area contributed by atoms with E-state index in [1.165, 1.54) is 37.5 Å². The number of nitrogens with zero attached hydrogens (tertiary/aromatic N) is 1. The maximum absolute atomic E-state index is 13.2. The Balaban J connectivity index is 1.56. The van der Waals surface area contributed by atoms with E-state index >= 15 is 0 Å². The number of rotatable bonds is 9. The first-order valence-electron chi connectivity index (χ1n) is 12.6. The first kappa shape index (κ1) is 29.2. The molecule has 11 heteroatoms.